The molecule has 1 aliphatic heterocycles. The van der Waals surface area contributed by atoms with E-state index in [1.54, 1.807) is 6.20 Å². The number of alkyl halides is 4. The second kappa shape index (κ2) is 7.46. The van der Waals surface area contributed by atoms with Crippen LogP contribution in [0.2, 0.25) is 0 Å². The number of hydrogen-bond acceptors (Lipinski definition) is 5. The van der Waals surface area contributed by atoms with Gasteiger partial charge in [-0.15, -0.1) is 0 Å². The van der Waals surface area contributed by atoms with Crippen LogP contribution in [-0.4, -0.2) is 69.7 Å². The van der Waals surface area contributed by atoms with E-state index in [1.165, 1.54) is 4.90 Å². The molecule has 1 amide bonds. The molecule has 0 aromatic carbocycles. The minimum absolute atomic E-state index is 0.237. The fraction of sp³-hybridized carbons (Fsp3) is 0.500. The number of pyridine rings is 1. The van der Waals surface area contributed by atoms with Gasteiger partial charge in [0.2, 0.25) is 0 Å². The summed E-state index contributed by atoms with van der Waals surface area (Å²) in [6.45, 7) is 3.32. The largest absolute Gasteiger partial charge is 0.439 e. The van der Waals surface area contributed by atoms with Gasteiger partial charge in [0.05, 0.1) is 17.8 Å². The number of rotatable bonds is 3. The van der Waals surface area contributed by atoms with E-state index in [0.717, 1.165) is 34.0 Å². The highest BCUT2D eigenvalue weighted by Crippen LogP contribution is 2.52. The summed E-state index contributed by atoms with van der Waals surface area (Å²) in [4.78, 5) is 24.7. The molecule has 0 radical (unpaired) electrons. The maximum atomic E-state index is 13.4. The smallest absolute Gasteiger partial charge is 0.410 e. The van der Waals surface area contributed by atoms with E-state index in [0.29, 0.717) is 19.5 Å². The van der Waals surface area contributed by atoms with Crippen molar-refractivity contribution in [1.82, 2.24) is 19.4 Å². The van der Waals surface area contributed by atoms with E-state index in [1.807, 2.05) is 30.8 Å². The molecule has 0 spiro atoms. The number of anilines is 1. The normalized spacial score (nSPS) is 23.1. The van der Waals surface area contributed by atoms with Crippen LogP contribution in [0.4, 0.5) is 28.0 Å². The number of piperazine rings is 1. The van der Waals surface area contributed by atoms with Gasteiger partial charge in [0.25, 0.3) is 0 Å². The lowest BCUT2D eigenvalue weighted by Gasteiger charge is -2.43. The van der Waals surface area contributed by atoms with Crippen LogP contribution < -0.4 is 4.90 Å². The number of nitrogens with zero attached hydrogens (tertiary/aromatic N) is 5. The molecule has 0 unspecified atom stereocenters. The lowest BCUT2D eigenvalue weighted by atomic mass is 9.85. The lowest BCUT2D eigenvalue weighted by Crippen LogP contribution is -2.64. The Bertz CT molecular complexity index is 1120. The third kappa shape index (κ3) is 3.53. The van der Waals surface area contributed by atoms with Crippen molar-refractivity contribution in [3.63, 3.8) is 0 Å². The molecule has 1 saturated heterocycles. The van der Waals surface area contributed by atoms with Crippen LogP contribution in [0.1, 0.15) is 29.2 Å². The number of allylic oxidation sites excluding steroid dienone is 1. The van der Waals surface area contributed by atoms with Crippen LogP contribution in [0.3, 0.4) is 0 Å². The van der Waals surface area contributed by atoms with E-state index in [2.05, 4.69) is 25.7 Å². The average Bonchev–Trinajstić information content (AvgIpc) is 3.36. The summed E-state index contributed by atoms with van der Waals surface area (Å²) in [7, 11) is 1.94. The van der Waals surface area contributed by atoms with Crippen LogP contribution >= 0.6 is 0 Å². The van der Waals surface area contributed by atoms with Crippen molar-refractivity contribution in [2.45, 2.75) is 37.7 Å². The third-order valence-electron chi connectivity index (χ3n) is 6.62. The van der Waals surface area contributed by atoms with Gasteiger partial charge in [0, 0.05) is 63.3 Å². The fourth-order valence-electron chi connectivity index (χ4n) is 4.41. The minimum Gasteiger partial charge on any atom is -0.439 e. The molecule has 7 nitrogen and oxygen atoms in total. The second-order valence-electron chi connectivity index (χ2n) is 8.70. The molecule has 5 rings (SSSR count). The van der Waals surface area contributed by atoms with E-state index in [4.69, 9.17) is 0 Å². The molecule has 2 aliphatic carbocycles. The standard InChI is InChI=1S/C22H23F4N5O2/c1-13-28-17(12-29(13)2)14-9-15-16(10-14)27-4-3-18(15)30-5-7-31(8-6-30)20(32)33-19-11-21(23,24)22(19,25)26/h3-4,9,12,19H,5-8,10-11H2,1-2H3/t19-/m0/s1. The average molecular weight is 465 g/mol. The summed E-state index contributed by atoms with van der Waals surface area (Å²) < 4.78 is 59.5. The van der Waals surface area contributed by atoms with Gasteiger partial charge >= 0.3 is 17.9 Å². The minimum atomic E-state index is -4.32. The van der Waals surface area contributed by atoms with Gasteiger partial charge in [0.1, 0.15) is 5.82 Å². The van der Waals surface area contributed by atoms with Gasteiger partial charge in [0.15, 0.2) is 6.10 Å². The van der Waals surface area contributed by atoms with Gasteiger partial charge in [-0.25, -0.2) is 9.78 Å². The van der Waals surface area contributed by atoms with Gasteiger partial charge < -0.3 is 19.1 Å². The highest BCUT2D eigenvalue weighted by Gasteiger charge is 2.74. The zero-order valence-corrected chi connectivity index (χ0v) is 18.2. The first kappa shape index (κ1) is 21.7. The predicted octanol–water partition coefficient (Wildman–Crippen LogP) is 3.52. The number of hydrogen-bond donors (Lipinski definition) is 0. The molecule has 0 N–H and O–H groups in total. The van der Waals surface area contributed by atoms with Crippen LogP contribution in [-0.2, 0) is 18.2 Å². The molecular weight excluding hydrogens is 442 g/mol. The van der Waals surface area contributed by atoms with Crippen molar-refractivity contribution in [2.75, 3.05) is 31.1 Å². The predicted molar refractivity (Wildman–Crippen MR) is 112 cm³/mol. The molecule has 11 heteroatoms. The first-order chi connectivity index (χ1) is 15.6. The topological polar surface area (TPSA) is 63.5 Å². The SMILES string of the molecule is Cc1nc(C2=Cc3c(N4CCN(C(=O)O[C@H]5CC(F)(F)C5(F)F)CC4)ccnc3C2)cn1C. The van der Waals surface area contributed by atoms with E-state index in [9.17, 15) is 22.4 Å². The molecule has 1 saturated carbocycles. The molecule has 0 bridgehead atoms. The Labute approximate surface area is 187 Å². The molecular formula is C22H23F4N5O2. The Hall–Kier alpha value is -3.11. The number of amides is 1. The lowest BCUT2D eigenvalue weighted by molar-refractivity contribution is -0.330. The number of aryl methyl sites for hydroxylation is 2. The summed E-state index contributed by atoms with van der Waals surface area (Å²) in [6.07, 6.45) is 2.26. The quantitative estimate of drug-likeness (QED) is 0.650. The maximum absolute atomic E-state index is 13.4. The molecule has 2 aromatic heterocycles. The Morgan fingerprint density at radius 3 is 2.52 bits per heavy atom. The van der Waals surface area contributed by atoms with Gasteiger partial charge in [-0.05, 0) is 24.6 Å². The van der Waals surface area contributed by atoms with Crippen molar-refractivity contribution in [3.05, 3.63) is 41.2 Å². The highest BCUT2D eigenvalue weighted by molar-refractivity contribution is 5.91. The molecule has 33 heavy (non-hydrogen) atoms. The van der Waals surface area contributed by atoms with Gasteiger partial charge in [-0.2, -0.15) is 17.6 Å². The van der Waals surface area contributed by atoms with E-state index < -0.39 is 30.5 Å². The van der Waals surface area contributed by atoms with Crippen LogP contribution in [0, 0.1) is 6.92 Å². The van der Waals surface area contributed by atoms with Gasteiger partial charge in [-0.1, -0.05) is 0 Å². The molecule has 3 heterocycles. The summed E-state index contributed by atoms with van der Waals surface area (Å²) >= 11 is 0. The number of aromatic nitrogens is 3. The van der Waals surface area contributed by atoms with E-state index >= 15 is 0 Å². The summed E-state index contributed by atoms with van der Waals surface area (Å²) in [6, 6.07) is 1.91. The van der Waals surface area contributed by atoms with Crippen LogP contribution in [0.15, 0.2) is 18.5 Å². The number of imidazole rings is 1. The first-order valence-corrected chi connectivity index (χ1v) is 10.7. The third-order valence-corrected chi connectivity index (χ3v) is 6.62. The number of ether oxygens (including phenoxy) is 1. The summed E-state index contributed by atoms with van der Waals surface area (Å²) in [5, 5.41) is 0. The maximum Gasteiger partial charge on any atom is 0.410 e. The van der Waals surface area contributed by atoms with Crippen molar-refractivity contribution in [2.24, 2.45) is 7.05 Å². The Kier molecular flexibility index (Phi) is 4.91. The molecule has 2 aromatic rings. The molecule has 1 atom stereocenters. The Morgan fingerprint density at radius 2 is 1.91 bits per heavy atom. The second-order valence-corrected chi connectivity index (χ2v) is 8.70. The van der Waals surface area contributed by atoms with E-state index in [-0.39, 0.29) is 13.1 Å². The number of carbonyl (C=O) groups is 1. The zero-order chi connectivity index (χ0) is 23.5. The van der Waals surface area contributed by atoms with Crippen LogP contribution in [0.5, 0.6) is 0 Å². The molecule has 176 valence electrons. The Morgan fingerprint density at radius 1 is 1.18 bits per heavy atom. The first-order valence-electron chi connectivity index (χ1n) is 10.7. The number of fused-ring (bicyclic) bond motifs is 1. The Balaban J connectivity index is 1.25. The van der Waals surface area contributed by atoms with Gasteiger partial charge in [-0.3, -0.25) is 4.98 Å². The van der Waals surface area contributed by atoms with Crippen molar-refractivity contribution in [1.29, 1.82) is 0 Å². The monoisotopic (exact) mass is 465 g/mol. The molecule has 3 aliphatic rings. The molecule has 2 fully saturated rings. The van der Waals surface area contributed by atoms with Crippen molar-refractivity contribution in [3.8, 4) is 0 Å². The summed E-state index contributed by atoms with van der Waals surface area (Å²) in [5.41, 5.74) is 4.91. The fourth-order valence-corrected chi connectivity index (χ4v) is 4.41. The highest BCUT2D eigenvalue weighted by atomic mass is 19.3. The van der Waals surface area contributed by atoms with Crippen molar-refractivity contribution >= 4 is 23.4 Å². The van der Waals surface area contributed by atoms with Crippen LogP contribution in [0.25, 0.3) is 11.6 Å². The summed E-state index contributed by atoms with van der Waals surface area (Å²) in [5.74, 6) is -7.53. The number of carbonyl (C=O) groups excluding carboxylic acids is 1. The zero-order valence-electron chi connectivity index (χ0n) is 18.2. The van der Waals surface area contributed by atoms with Crippen molar-refractivity contribution < 1.29 is 27.1 Å². The number of halogens is 4.